The van der Waals surface area contributed by atoms with Crippen molar-refractivity contribution in [1.29, 1.82) is 0 Å². The van der Waals surface area contributed by atoms with Gasteiger partial charge in [-0.3, -0.25) is 4.79 Å². The second-order valence-corrected chi connectivity index (χ2v) is 20.4. The van der Waals surface area contributed by atoms with Crippen LogP contribution in [-0.2, 0) is 25.8 Å². The van der Waals surface area contributed by atoms with Crippen molar-refractivity contribution >= 4 is 41.1 Å². The van der Waals surface area contributed by atoms with Gasteiger partial charge in [-0.2, -0.15) is 0 Å². The summed E-state index contributed by atoms with van der Waals surface area (Å²) in [6.45, 7) is 18.2. The number of benzene rings is 2. The molecule has 1 N–H and O–H groups in total. The summed E-state index contributed by atoms with van der Waals surface area (Å²) in [5.41, 5.74) is 0.238. The molecular formula is C30H45BrN2O3SSi. The van der Waals surface area contributed by atoms with Crippen LogP contribution in [0.4, 0.5) is 0 Å². The molecule has 0 saturated carbocycles. The Labute approximate surface area is 242 Å². The van der Waals surface area contributed by atoms with Crippen LogP contribution in [0, 0.1) is 0 Å². The van der Waals surface area contributed by atoms with Gasteiger partial charge in [-0.25, -0.2) is 8.93 Å². The zero-order valence-corrected chi connectivity index (χ0v) is 27.7. The first-order valence-electron chi connectivity index (χ1n) is 13.6. The molecule has 0 bridgehead atoms. The number of carbonyl (C=O) groups is 1. The van der Waals surface area contributed by atoms with E-state index in [9.17, 15) is 4.21 Å². The van der Waals surface area contributed by atoms with Crippen molar-refractivity contribution < 1.29 is 13.4 Å². The standard InChI is InChI=1S/C30H45BrN2O3SSi/c1-28(2,3)37(35)32-26(23-17-19-25(31)20-18-23)30(24-15-11-9-12-16-24,36-38(7,8)29(4,5)6)27(34)33-21-13-10-14-22-33/h9,11-12,15-20,26,32H,10,13-14,21-22H2,1-8H3/t26-,30-,37?/m1/s1. The number of piperidine rings is 1. The summed E-state index contributed by atoms with van der Waals surface area (Å²) < 4.78 is 25.0. The molecule has 2 aromatic carbocycles. The maximum Gasteiger partial charge on any atom is 0.260 e. The third-order valence-electron chi connectivity index (χ3n) is 7.78. The van der Waals surface area contributed by atoms with E-state index in [-0.39, 0.29) is 10.9 Å². The Balaban J connectivity index is 2.38. The van der Waals surface area contributed by atoms with E-state index in [0.717, 1.165) is 34.9 Å². The molecule has 1 unspecified atom stereocenters. The number of hydrogen-bond acceptors (Lipinski definition) is 3. The van der Waals surface area contributed by atoms with E-state index >= 15 is 4.79 Å². The van der Waals surface area contributed by atoms with Crippen LogP contribution in [0.3, 0.4) is 0 Å². The highest BCUT2D eigenvalue weighted by Crippen LogP contribution is 2.48. The molecule has 0 aliphatic carbocycles. The largest absolute Gasteiger partial charge is 0.398 e. The highest BCUT2D eigenvalue weighted by Gasteiger charge is 2.57. The first-order chi connectivity index (χ1) is 17.6. The van der Waals surface area contributed by atoms with Gasteiger partial charge in [0.15, 0.2) is 13.9 Å². The van der Waals surface area contributed by atoms with Gasteiger partial charge >= 0.3 is 0 Å². The Bertz CT molecular complexity index is 1110. The maximum absolute atomic E-state index is 15.0. The Morgan fingerprint density at radius 2 is 1.50 bits per heavy atom. The fourth-order valence-corrected chi connectivity index (χ4v) is 7.04. The van der Waals surface area contributed by atoms with E-state index in [0.29, 0.717) is 13.1 Å². The summed E-state index contributed by atoms with van der Waals surface area (Å²) in [7, 11) is -4.01. The molecule has 1 aliphatic heterocycles. The molecule has 0 spiro atoms. The van der Waals surface area contributed by atoms with Crippen molar-refractivity contribution in [3.8, 4) is 0 Å². The number of halogens is 1. The molecule has 1 heterocycles. The molecule has 5 nitrogen and oxygen atoms in total. The minimum atomic E-state index is -2.55. The highest BCUT2D eigenvalue weighted by molar-refractivity contribution is 9.10. The highest BCUT2D eigenvalue weighted by atomic mass is 79.9. The second-order valence-electron chi connectivity index (χ2n) is 12.8. The lowest BCUT2D eigenvalue weighted by Crippen LogP contribution is -2.62. The van der Waals surface area contributed by atoms with Gasteiger partial charge in [-0.1, -0.05) is 79.2 Å². The van der Waals surface area contributed by atoms with Gasteiger partial charge in [0.05, 0.1) is 21.8 Å². The molecule has 3 rings (SSSR count). The molecule has 38 heavy (non-hydrogen) atoms. The third-order valence-corrected chi connectivity index (χ3v) is 14.3. The predicted octanol–water partition coefficient (Wildman–Crippen LogP) is 7.47. The normalized spacial score (nSPS) is 18.5. The van der Waals surface area contributed by atoms with Gasteiger partial charge in [-0.15, -0.1) is 0 Å². The van der Waals surface area contributed by atoms with Gasteiger partial charge in [-0.05, 0) is 81.4 Å². The third kappa shape index (κ3) is 6.87. The van der Waals surface area contributed by atoms with Gasteiger partial charge in [0.1, 0.15) is 0 Å². The van der Waals surface area contributed by atoms with E-state index in [1.165, 1.54) is 0 Å². The quantitative estimate of drug-likeness (QED) is 0.311. The van der Waals surface area contributed by atoms with Crippen LogP contribution < -0.4 is 4.72 Å². The lowest BCUT2D eigenvalue weighted by atomic mass is 9.81. The molecule has 1 amide bonds. The Kier molecular flexibility index (Phi) is 9.89. The van der Waals surface area contributed by atoms with Crippen LogP contribution >= 0.6 is 15.9 Å². The smallest absolute Gasteiger partial charge is 0.260 e. The van der Waals surface area contributed by atoms with Gasteiger partial charge < -0.3 is 9.33 Å². The molecule has 1 aliphatic rings. The van der Waals surface area contributed by atoms with Crippen LogP contribution in [0.25, 0.3) is 0 Å². The van der Waals surface area contributed by atoms with Crippen LogP contribution in [0.15, 0.2) is 59.1 Å². The number of rotatable bonds is 8. The van der Waals surface area contributed by atoms with E-state index in [4.69, 9.17) is 4.43 Å². The lowest BCUT2D eigenvalue weighted by Gasteiger charge is -2.50. The summed E-state index contributed by atoms with van der Waals surface area (Å²) in [4.78, 5) is 17.0. The van der Waals surface area contributed by atoms with Crippen LogP contribution in [0.2, 0.25) is 18.1 Å². The van der Waals surface area contributed by atoms with Crippen molar-refractivity contribution in [2.24, 2.45) is 0 Å². The zero-order valence-electron chi connectivity index (χ0n) is 24.3. The van der Waals surface area contributed by atoms with Crippen molar-refractivity contribution in [2.45, 2.75) is 95.3 Å². The van der Waals surface area contributed by atoms with Crippen molar-refractivity contribution in [3.63, 3.8) is 0 Å². The average molecular weight is 622 g/mol. The Morgan fingerprint density at radius 1 is 0.947 bits per heavy atom. The van der Waals surface area contributed by atoms with Crippen molar-refractivity contribution in [3.05, 3.63) is 70.2 Å². The number of nitrogens with one attached hydrogen (secondary N) is 1. The fourth-order valence-electron chi connectivity index (χ4n) is 4.47. The lowest BCUT2D eigenvalue weighted by molar-refractivity contribution is -0.154. The number of nitrogens with zero attached hydrogens (tertiary/aromatic N) is 1. The van der Waals surface area contributed by atoms with Gasteiger partial charge in [0.25, 0.3) is 5.91 Å². The van der Waals surface area contributed by atoms with E-state index in [1.807, 2.05) is 80.3 Å². The molecule has 210 valence electrons. The predicted molar refractivity (Wildman–Crippen MR) is 165 cm³/mol. The van der Waals surface area contributed by atoms with Gasteiger partial charge in [0, 0.05) is 17.6 Å². The molecule has 2 aromatic rings. The molecule has 8 heteroatoms. The van der Waals surface area contributed by atoms with Crippen molar-refractivity contribution in [2.75, 3.05) is 13.1 Å². The van der Waals surface area contributed by atoms with Crippen molar-refractivity contribution in [1.82, 2.24) is 9.62 Å². The Hall–Kier alpha value is -1.32. The summed E-state index contributed by atoms with van der Waals surface area (Å²) >= 11 is 3.56. The summed E-state index contributed by atoms with van der Waals surface area (Å²) in [6, 6.07) is 17.1. The number of carbonyl (C=O) groups excluding carboxylic acids is 1. The van der Waals surface area contributed by atoms with E-state index < -0.39 is 35.7 Å². The first kappa shape index (κ1) is 31.2. The minimum absolute atomic E-state index is 0.0560. The number of hydrogen-bond donors (Lipinski definition) is 1. The summed E-state index contributed by atoms with van der Waals surface area (Å²) in [6.07, 6.45) is 3.07. The second kappa shape index (κ2) is 12.0. The average Bonchev–Trinajstić information content (AvgIpc) is 2.86. The molecular weight excluding hydrogens is 576 g/mol. The SMILES string of the molecule is CC(C)(C)S(=O)N[C@H](c1ccc(Br)cc1)[C@@](O[Si](C)(C)C(C)(C)C)(C(=O)N1CCCCC1)c1ccccc1. The van der Waals surface area contributed by atoms with E-state index in [1.54, 1.807) is 0 Å². The molecule has 3 atom stereocenters. The fraction of sp³-hybridized carbons (Fsp3) is 0.567. The minimum Gasteiger partial charge on any atom is -0.398 e. The zero-order chi connectivity index (χ0) is 28.4. The van der Waals surface area contributed by atoms with Crippen LogP contribution in [0.1, 0.15) is 78.0 Å². The molecule has 0 radical (unpaired) electrons. The van der Waals surface area contributed by atoms with E-state index in [2.05, 4.69) is 54.5 Å². The molecule has 0 aromatic heterocycles. The maximum atomic E-state index is 15.0. The summed E-state index contributed by atoms with van der Waals surface area (Å²) in [5.74, 6) is -0.0560. The monoisotopic (exact) mass is 620 g/mol. The van der Waals surface area contributed by atoms with Gasteiger partial charge in [0.2, 0.25) is 0 Å². The summed E-state index contributed by atoms with van der Waals surface area (Å²) in [5, 5.41) is -0.150. The number of likely N-dealkylation sites (tertiary alicyclic amines) is 1. The molecule has 1 saturated heterocycles. The first-order valence-corrected chi connectivity index (χ1v) is 18.4. The Morgan fingerprint density at radius 3 is 2.00 bits per heavy atom. The van der Waals surface area contributed by atoms with Crippen LogP contribution in [-0.4, -0.2) is 41.2 Å². The number of amides is 1. The van der Waals surface area contributed by atoms with Crippen LogP contribution in [0.5, 0.6) is 0 Å². The topological polar surface area (TPSA) is 58.6 Å². The molecule has 1 fully saturated rings.